The van der Waals surface area contributed by atoms with Crippen molar-refractivity contribution >= 4 is 22.3 Å². The van der Waals surface area contributed by atoms with E-state index in [0.29, 0.717) is 6.04 Å². The van der Waals surface area contributed by atoms with Crippen molar-refractivity contribution in [3.63, 3.8) is 0 Å². The summed E-state index contributed by atoms with van der Waals surface area (Å²) in [6.45, 7) is 4.44. The van der Waals surface area contributed by atoms with Crippen LogP contribution < -0.4 is 10.6 Å². The molecule has 18 heavy (non-hydrogen) atoms. The van der Waals surface area contributed by atoms with Gasteiger partial charge in [-0.2, -0.15) is 0 Å². The molecule has 0 amide bonds. The van der Waals surface area contributed by atoms with E-state index < -0.39 is 0 Å². The lowest BCUT2D eigenvalue weighted by atomic mass is 10.1. The van der Waals surface area contributed by atoms with Crippen LogP contribution in [0.4, 0.5) is 11.4 Å². The molecule has 1 unspecified atom stereocenters. The predicted molar refractivity (Wildman–Crippen MR) is 78.9 cm³/mol. The highest BCUT2D eigenvalue weighted by Gasteiger charge is 2.13. The Hall–Kier alpha value is -1.77. The molecule has 0 bridgehead atoms. The molecule has 0 fully saturated rings. The van der Waals surface area contributed by atoms with Crippen LogP contribution in [0.2, 0.25) is 0 Å². The van der Waals surface area contributed by atoms with Gasteiger partial charge >= 0.3 is 0 Å². The van der Waals surface area contributed by atoms with Gasteiger partial charge in [-0.05, 0) is 37.6 Å². The Labute approximate surface area is 109 Å². The number of hydrogen-bond donors (Lipinski definition) is 1. The molecule has 0 radical (unpaired) electrons. The summed E-state index contributed by atoms with van der Waals surface area (Å²) in [4.78, 5) is 6.58. The van der Waals surface area contributed by atoms with Gasteiger partial charge in [0.05, 0.1) is 16.9 Å². The molecule has 2 rings (SSSR count). The first-order valence-corrected chi connectivity index (χ1v) is 6.51. The summed E-state index contributed by atoms with van der Waals surface area (Å²) in [5.41, 5.74) is 9.15. The highest BCUT2D eigenvalue weighted by molar-refractivity contribution is 5.97. The van der Waals surface area contributed by atoms with Crippen molar-refractivity contribution in [1.29, 1.82) is 0 Å². The normalized spacial score (nSPS) is 12.6. The largest absolute Gasteiger partial charge is 0.396 e. The second-order valence-corrected chi connectivity index (χ2v) is 4.82. The number of fused-ring (bicyclic) bond motifs is 1. The van der Waals surface area contributed by atoms with E-state index in [1.54, 1.807) is 6.20 Å². The molecular formula is C15H21N3. The van der Waals surface area contributed by atoms with Crippen molar-refractivity contribution in [3.8, 4) is 0 Å². The van der Waals surface area contributed by atoms with E-state index in [9.17, 15) is 0 Å². The molecule has 3 nitrogen and oxygen atoms in total. The molecule has 1 atom stereocenters. The Morgan fingerprint density at radius 1 is 1.33 bits per heavy atom. The zero-order valence-electron chi connectivity index (χ0n) is 11.4. The van der Waals surface area contributed by atoms with E-state index in [1.807, 2.05) is 18.2 Å². The van der Waals surface area contributed by atoms with Crippen LogP contribution in [0.15, 0.2) is 30.5 Å². The quantitative estimate of drug-likeness (QED) is 0.836. The lowest BCUT2D eigenvalue weighted by molar-refractivity contribution is 0.617. The average molecular weight is 243 g/mol. The van der Waals surface area contributed by atoms with Gasteiger partial charge < -0.3 is 10.6 Å². The van der Waals surface area contributed by atoms with Crippen molar-refractivity contribution in [2.24, 2.45) is 0 Å². The first-order chi connectivity index (χ1) is 8.65. The molecule has 0 spiro atoms. The number of nitrogens with two attached hydrogens (primary N) is 1. The van der Waals surface area contributed by atoms with Gasteiger partial charge in [0.25, 0.3) is 0 Å². The van der Waals surface area contributed by atoms with Crippen LogP contribution >= 0.6 is 0 Å². The lowest BCUT2D eigenvalue weighted by Crippen LogP contribution is -2.29. The molecule has 2 aromatic rings. The Balaban J connectivity index is 2.42. The van der Waals surface area contributed by atoms with Gasteiger partial charge in [0, 0.05) is 24.7 Å². The maximum absolute atomic E-state index is 6.27. The van der Waals surface area contributed by atoms with Gasteiger partial charge in [-0.15, -0.1) is 0 Å². The summed E-state index contributed by atoms with van der Waals surface area (Å²) in [5.74, 6) is 0. The molecule has 0 aliphatic heterocycles. The summed E-state index contributed by atoms with van der Waals surface area (Å²) >= 11 is 0. The minimum absolute atomic E-state index is 0.492. The summed E-state index contributed by atoms with van der Waals surface area (Å²) in [5, 5.41) is 1.03. The Morgan fingerprint density at radius 3 is 2.83 bits per heavy atom. The topological polar surface area (TPSA) is 42.2 Å². The molecule has 1 aromatic carbocycles. The Kier molecular flexibility index (Phi) is 3.70. The van der Waals surface area contributed by atoms with Crippen LogP contribution in [-0.2, 0) is 0 Å². The summed E-state index contributed by atoms with van der Waals surface area (Å²) in [6.07, 6.45) is 4.15. The van der Waals surface area contributed by atoms with Crippen LogP contribution in [0.5, 0.6) is 0 Å². The predicted octanol–water partition coefficient (Wildman–Crippen LogP) is 3.44. The highest BCUT2D eigenvalue weighted by atomic mass is 15.1. The number of anilines is 2. The van der Waals surface area contributed by atoms with E-state index >= 15 is 0 Å². The zero-order chi connectivity index (χ0) is 13.1. The third-order valence-corrected chi connectivity index (χ3v) is 3.55. The second kappa shape index (κ2) is 5.25. The molecule has 1 heterocycles. The van der Waals surface area contributed by atoms with Gasteiger partial charge in [-0.3, -0.25) is 4.98 Å². The number of rotatable bonds is 4. The molecule has 0 aliphatic carbocycles. The van der Waals surface area contributed by atoms with E-state index in [-0.39, 0.29) is 0 Å². The first-order valence-electron chi connectivity index (χ1n) is 6.51. The fourth-order valence-electron chi connectivity index (χ4n) is 2.32. The maximum Gasteiger partial charge on any atom is 0.0724 e. The standard InChI is InChI=1S/C15H21N3/c1-4-6-11(2)18(3)14-9-8-13-12(15(14)16)7-5-10-17-13/h5,7-11H,4,6,16H2,1-3H3. The van der Waals surface area contributed by atoms with E-state index in [2.05, 4.69) is 36.8 Å². The molecular weight excluding hydrogens is 222 g/mol. The number of hydrogen-bond acceptors (Lipinski definition) is 3. The fraction of sp³-hybridized carbons (Fsp3) is 0.400. The molecule has 2 N–H and O–H groups in total. The fourth-order valence-corrected chi connectivity index (χ4v) is 2.32. The number of pyridine rings is 1. The van der Waals surface area contributed by atoms with Gasteiger partial charge in [0.15, 0.2) is 0 Å². The minimum Gasteiger partial charge on any atom is -0.396 e. The maximum atomic E-state index is 6.27. The minimum atomic E-state index is 0.492. The number of nitrogen functional groups attached to an aromatic ring is 1. The lowest BCUT2D eigenvalue weighted by Gasteiger charge is -2.28. The SMILES string of the molecule is CCCC(C)N(C)c1ccc2ncccc2c1N. The molecule has 0 aliphatic rings. The molecule has 0 saturated heterocycles. The van der Waals surface area contributed by atoms with Crippen molar-refractivity contribution in [2.45, 2.75) is 32.7 Å². The Morgan fingerprint density at radius 2 is 2.11 bits per heavy atom. The van der Waals surface area contributed by atoms with E-state index in [0.717, 1.165) is 22.3 Å². The van der Waals surface area contributed by atoms with Crippen LogP contribution in [0, 0.1) is 0 Å². The van der Waals surface area contributed by atoms with Gasteiger partial charge in [0.2, 0.25) is 0 Å². The van der Waals surface area contributed by atoms with Gasteiger partial charge in [-0.25, -0.2) is 0 Å². The van der Waals surface area contributed by atoms with Gasteiger partial charge in [0.1, 0.15) is 0 Å². The van der Waals surface area contributed by atoms with Crippen molar-refractivity contribution in [2.75, 3.05) is 17.7 Å². The van der Waals surface area contributed by atoms with E-state index in [4.69, 9.17) is 5.73 Å². The third-order valence-electron chi connectivity index (χ3n) is 3.55. The summed E-state index contributed by atoms with van der Waals surface area (Å²) in [7, 11) is 2.11. The zero-order valence-corrected chi connectivity index (χ0v) is 11.4. The van der Waals surface area contributed by atoms with Crippen LogP contribution in [0.25, 0.3) is 10.9 Å². The average Bonchev–Trinajstić information content (AvgIpc) is 2.39. The van der Waals surface area contributed by atoms with Crippen LogP contribution in [-0.4, -0.2) is 18.1 Å². The summed E-state index contributed by atoms with van der Waals surface area (Å²) < 4.78 is 0. The van der Waals surface area contributed by atoms with E-state index in [1.165, 1.54) is 12.8 Å². The second-order valence-electron chi connectivity index (χ2n) is 4.82. The Bertz CT molecular complexity index is 536. The number of aromatic nitrogens is 1. The van der Waals surface area contributed by atoms with Crippen LogP contribution in [0.3, 0.4) is 0 Å². The molecule has 96 valence electrons. The smallest absolute Gasteiger partial charge is 0.0724 e. The number of benzene rings is 1. The van der Waals surface area contributed by atoms with Crippen LogP contribution in [0.1, 0.15) is 26.7 Å². The number of nitrogens with zero attached hydrogens (tertiary/aromatic N) is 2. The summed E-state index contributed by atoms with van der Waals surface area (Å²) in [6, 6.07) is 8.55. The molecule has 1 aromatic heterocycles. The highest BCUT2D eigenvalue weighted by Crippen LogP contribution is 2.31. The molecule has 3 heteroatoms. The molecule has 0 saturated carbocycles. The first kappa shape index (κ1) is 12.7. The van der Waals surface area contributed by atoms with Gasteiger partial charge in [-0.1, -0.05) is 13.3 Å². The van der Waals surface area contributed by atoms with Crippen molar-refractivity contribution in [1.82, 2.24) is 4.98 Å². The van der Waals surface area contributed by atoms with Crippen molar-refractivity contribution in [3.05, 3.63) is 30.5 Å². The third kappa shape index (κ3) is 2.26. The monoisotopic (exact) mass is 243 g/mol. The van der Waals surface area contributed by atoms with Crippen molar-refractivity contribution < 1.29 is 0 Å².